The predicted octanol–water partition coefficient (Wildman–Crippen LogP) is 2.39. The van der Waals surface area contributed by atoms with Crippen molar-refractivity contribution < 1.29 is 14.3 Å². The predicted molar refractivity (Wildman–Crippen MR) is 79.4 cm³/mol. The van der Waals surface area contributed by atoms with Crippen molar-refractivity contribution in [2.45, 2.75) is 39.0 Å². The Balaban J connectivity index is 1.43. The van der Waals surface area contributed by atoms with Crippen LogP contribution in [0.4, 0.5) is 0 Å². The second-order valence-corrected chi connectivity index (χ2v) is 6.50. The lowest BCUT2D eigenvalue weighted by molar-refractivity contribution is -0.140. The summed E-state index contributed by atoms with van der Waals surface area (Å²) in [6.07, 6.45) is 9.51. The summed E-state index contributed by atoms with van der Waals surface area (Å²) in [6, 6.07) is 0. The molecular formula is C17H25NO3. The highest BCUT2D eigenvalue weighted by Crippen LogP contribution is 2.52. The van der Waals surface area contributed by atoms with Gasteiger partial charge in [0.15, 0.2) is 0 Å². The number of likely N-dealkylation sites (tertiary alicyclic amines) is 1. The summed E-state index contributed by atoms with van der Waals surface area (Å²) in [4.78, 5) is 26.3. The van der Waals surface area contributed by atoms with Crippen LogP contribution in [0.3, 0.4) is 0 Å². The molecule has 0 aromatic carbocycles. The molecule has 0 aromatic heterocycles. The van der Waals surface area contributed by atoms with Crippen molar-refractivity contribution in [1.82, 2.24) is 4.90 Å². The van der Waals surface area contributed by atoms with Crippen LogP contribution in [-0.4, -0.2) is 36.5 Å². The Labute approximate surface area is 126 Å². The molecule has 1 saturated heterocycles. The molecule has 21 heavy (non-hydrogen) atoms. The first-order valence-electron chi connectivity index (χ1n) is 8.35. The summed E-state index contributed by atoms with van der Waals surface area (Å²) in [7, 11) is 0. The van der Waals surface area contributed by atoms with Gasteiger partial charge in [-0.05, 0) is 31.1 Å². The lowest BCUT2D eigenvalue weighted by atomic mass is 9.85. The van der Waals surface area contributed by atoms with Gasteiger partial charge in [0.2, 0.25) is 11.8 Å². The van der Waals surface area contributed by atoms with E-state index in [4.69, 9.17) is 4.74 Å². The summed E-state index contributed by atoms with van der Waals surface area (Å²) in [6.45, 7) is 4.12. The standard InChI is InChI=1S/C17H25NO3/c1-2-3-4-9-21-10-5-8-18-16(19)14-12-6-7-13(11-12)15(14)17(18)20/h6-7,12-15H,2-5,8-11H2,1H3/t12-,13+,14-,15-/m0/s1. The summed E-state index contributed by atoms with van der Waals surface area (Å²) in [5.74, 6) is 0.634. The molecular weight excluding hydrogens is 266 g/mol. The smallest absolute Gasteiger partial charge is 0.233 e. The third kappa shape index (κ3) is 2.66. The maximum absolute atomic E-state index is 12.4. The van der Waals surface area contributed by atoms with Crippen LogP contribution in [-0.2, 0) is 14.3 Å². The number of unbranched alkanes of at least 4 members (excludes halogenated alkanes) is 2. The molecule has 0 radical (unpaired) electrons. The molecule has 3 rings (SSSR count). The molecule has 1 heterocycles. The normalized spacial score (nSPS) is 33.3. The van der Waals surface area contributed by atoms with E-state index in [1.165, 1.54) is 17.7 Å². The number of carbonyl (C=O) groups excluding carboxylic acids is 2. The maximum atomic E-state index is 12.4. The number of hydrogen-bond donors (Lipinski definition) is 0. The summed E-state index contributed by atoms with van der Waals surface area (Å²) in [5, 5.41) is 0. The Morgan fingerprint density at radius 2 is 1.67 bits per heavy atom. The van der Waals surface area contributed by atoms with Gasteiger partial charge in [0.25, 0.3) is 0 Å². The summed E-state index contributed by atoms with van der Waals surface area (Å²) in [5.41, 5.74) is 0. The lowest BCUT2D eigenvalue weighted by Crippen LogP contribution is -2.34. The van der Waals surface area contributed by atoms with Gasteiger partial charge in [-0.15, -0.1) is 0 Å². The minimum atomic E-state index is -0.0574. The Bertz CT molecular complexity index is 415. The molecule has 4 atom stereocenters. The zero-order chi connectivity index (χ0) is 14.8. The van der Waals surface area contributed by atoms with E-state index in [1.54, 1.807) is 0 Å². The molecule has 0 aromatic rings. The van der Waals surface area contributed by atoms with Crippen LogP contribution >= 0.6 is 0 Å². The molecule has 1 saturated carbocycles. The van der Waals surface area contributed by atoms with Crippen molar-refractivity contribution >= 4 is 11.8 Å². The molecule has 3 aliphatic rings. The highest BCUT2D eigenvalue weighted by molar-refractivity contribution is 6.06. The average molecular weight is 291 g/mol. The number of hydrogen-bond acceptors (Lipinski definition) is 3. The SMILES string of the molecule is CCCCCOCCCN1C(=O)[C@@H]2[C@@H](C1=O)[C@H]1C=C[C@@H]2C1. The summed E-state index contributed by atoms with van der Waals surface area (Å²) >= 11 is 0. The molecule has 2 fully saturated rings. The number of allylic oxidation sites excluding steroid dienone is 2. The zero-order valence-corrected chi connectivity index (χ0v) is 12.8. The van der Waals surface area contributed by atoms with Crippen LogP contribution in [0.2, 0.25) is 0 Å². The maximum Gasteiger partial charge on any atom is 0.233 e. The number of amides is 2. The van der Waals surface area contributed by atoms with E-state index >= 15 is 0 Å². The van der Waals surface area contributed by atoms with Gasteiger partial charge in [-0.2, -0.15) is 0 Å². The van der Waals surface area contributed by atoms with Gasteiger partial charge in [-0.25, -0.2) is 0 Å². The van der Waals surface area contributed by atoms with Crippen LogP contribution in [0, 0.1) is 23.7 Å². The number of rotatable bonds is 8. The molecule has 4 heteroatoms. The highest BCUT2D eigenvalue weighted by atomic mass is 16.5. The van der Waals surface area contributed by atoms with Crippen molar-refractivity contribution in [3.05, 3.63) is 12.2 Å². The summed E-state index contributed by atoms with van der Waals surface area (Å²) < 4.78 is 5.55. The van der Waals surface area contributed by atoms with E-state index < -0.39 is 0 Å². The van der Waals surface area contributed by atoms with Gasteiger partial charge >= 0.3 is 0 Å². The lowest BCUT2D eigenvalue weighted by Gasteiger charge is -2.17. The van der Waals surface area contributed by atoms with Crippen LogP contribution in [0.5, 0.6) is 0 Å². The minimum Gasteiger partial charge on any atom is -0.381 e. The van der Waals surface area contributed by atoms with E-state index in [2.05, 4.69) is 19.1 Å². The second kappa shape index (κ2) is 6.30. The largest absolute Gasteiger partial charge is 0.381 e. The van der Waals surface area contributed by atoms with Crippen LogP contribution in [0.1, 0.15) is 39.0 Å². The van der Waals surface area contributed by atoms with Crippen LogP contribution in [0.15, 0.2) is 12.2 Å². The van der Waals surface area contributed by atoms with Crippen LogP contribution < -0.4 is 0 Å². The van der Waals surface area contributed by atoms with Crippen LogP contribution in [0.25, 0.3) is 0 Å². The van der Waals surface area contributed by atoms with Crippen molar-refractivity contribution in [2.75, 3.05) is 19.8 Å². The van der Waals surface area contributed by atoms with Gasteiger partial charge in [0, 0.05) is 19.8 Å². The third-order valence-corrected chi connectivity index (χ3v) is 5.12. The fraction of sp³-hybridized carbons (Fsp3) is 0.765. The molecule has 4 nitrogen and oxygen atoms in total. The van der Waals surface area contributed by atoms with Crippen molar-refractivity contribution in [3.63, 3.8) is 0 Å². The van der Waals surface area contributed by atoms with Crippen molar-refractivity contribution in [1.29, 1.82) is 0 Å². The zero-order valence-electron chi connectivity index (χ0n) is 12.8. The number of fused-ring (bicyclic) bond motifs is 5. The number of imide groups is 1. The highest BCUT2D eigenvalue weighted by Gasteiger charge is 2.58. The molecule has 2 amide bonds. The molecule has 0 N–H and O–H groups in total. The average Bonchev–Trinajstić information content (AvgIpc) is 3.15. The molecule has 1 aliphatic heterocycles. The van der Waals surface area contributed by atoms with E-state index in [1.807, 2.05) is 0 Å². The topological polar surface area (TPSA) is 46.6 Å². The minimum absolute atomic E-state index is 0.0574. The van der Waals surface area contributed by atoms with Gasteiger partial charge in [-0.3, -0.25) is 14.5 Å². The van der Waals surface area contributed by atoms with Gasteiger partial charge in [-0.1, -0.05) is 31.9 Å². The van der Waals surface area contributed by atoms with Gasteiger partial charge in [0.1, 0.15) is 0 Å². The molecule has 2 aliphatic carbocycles. The number of carbonyl (C=O) groups is 2. The van der Waals surface area contributed by atoms with E-state index in [-0.39, 0.29) is 23.7 Å². The first-order valence-corrected chi connectivity index (χ1v) is 8.35. The Hall–Kier alpha value is -1.16. The fourth-order valence-corrected chi connectivity index (χ4v) is 4.07. The van der Waals surface area contributed by atoms with Crippen molar-refractivity contribution in [3.8, 4) is 0 Å². The first-order chi connectivity index (χ1) is 10.2. The van der Waals surface area contributed by atoms with E-state index in [0.29, 0.717) is 25.0 Å². The van der Waals surface area contributed by atoms with Crippen molar-refractivity contribution in [2.24, 2.45) is 23.7 Å². The Morgan fingerprint density at radius 3 is 2.29 bits per heavy atom. The Kier molecular flexibility index (Phi) is 4.43. The second-order valence-electron chi connectivity index (χ2n) is 6.50. The van der Waals surface area contributed by atoms with E-state index in [0.717, 1.165) is 25.9 Å². The fourth-order valence-electron chi connectivity index (χ4n) is 4.07. The quantitative estimate of drug-likeness (QED) is 0.392. The van der Waals surface area contributed by atoms with E-state index in [9.17, 15) is 9.59 Å². The molecule has 116 valence electrons. The van der Waals surface area contributed by atoms with Gasteiger partial charge < -0.3 is 4.74 Å². The monoisotopic (exact) mass is 291 g/mol. The third-order valence-electron chi connectivity index (χ3n) is 5.12. The molecule has 0 unspecified atom stereocenters. The Morgan fingerprint density at radius 1 is 1.05 bits per heavy atom. The first kappa shape index (κ1) is 14.8. The number of ether oxygens (including phenoxy) is 1. The van der Waals surface area contributed by atoms with Gasteiger partial charge in [0.05, 0.1) is 11.8 Å². The number of nitrogens with zero attached hydrogens (tertiary/aromatic N) is 1. The molecule has 0 spiro atoms. The molecule has 2 bridgehead atoms.